The molecule has 1 aromatic heterocycles. The van der Waals surface area contributed by atoms with Crippen molar-refractivity contribution < 1.29 is 9.18 Å². The SMILES string of the molecule is O=C1CC(c2cccc(F)c2)c2c(n[nH]c2-c2ccc(Cl)cc2)N1. The molecule has 2 N–H and O–H groups in total. The average Bonchev–Trinajstić information content (AvgIpc) is 2.98. The zero-order chi connectivity index (χ0) is 16.7. The van der Waals surface area contributed by atoms with Crippen molar-refractivity contribution in [3.8, 4) is 11.3 Å². The first-order valence-electron chi connectivity index (χ1n) is 7.51. The molecule has 1 unspecified atom stereocenters. The van der Waals surface area contributed by atoms with E-state index in [4.69, 9.17) is 11.6 Å². The van der Waals surface area contributed by atoms with E-state index in [1.165, 1.54) is 12.1 Å². The summed E-state index contributed by atoms with van der Waals surface area (Å²) < 4.78 is 13.7. The van der Waals surface area contributed by atoms with Gasteiger partial charge in [0.05, 0.1) is 5.69 Å². The fraction of sp³-hybridized carbons (Fsp3) is 0.111. The molecule has 0 bridgehead atoms. The van der Waals surface area contributed by atoms with Gasteiger partial charge in [-0.25, -0.2) is 4.39 Å². The minimum absolute atomic E-state index is 0.133. The second-order valence-electron chi connectivity index (χ2n) is 5.73. The van der Waals surface area contributed by atoms with E-state index in [1.54, 1.807) is 18.2 Å². The highest BCUT2D eigenvalue weighted by Crippen LogP contribution is 2.41. The van der Waals surface area contributed by atoms with Crippen LogP contribution in [0.5, 0.6) is 0 Å². The second kappa shape index (κ2) is 5.76. The molecular formula is C18H13ClFN3O. The van der Waals surface area contributed by atoms with E-state index in [2.05, 4.69) is 15.5 Å². The summed E-state index contributed by atoms with van der Waals surface area (Å²) in [4.78, 5) is 12.0. The fourth-order valence-corrected chi connectivity index (χ4v) is 3.23. The Hall–Kier alpha value is -2.66. The molecule has 0 radical (unpaired) electrons. The Kier molecular flexibility index (Phi) is 3.58. The molecule has 1 aliphatic heterocycles. The minimum Gasteiger partial charge on any atom is -0.309 e. The number of carbonyl (C=O) groups excluding carboxylic acids is 1. The Balaban J connectivity index is 1.87. The number of benzene rings is 2. The zero-order valence-electron chi connectivity index (χ0n) is 12.5. The van der Waals surface area contributed by atoms with E-state index in [9.17, 15) is 9.18 Å². The quantitative estimate of drug-likeness (QED) is 0.728. The fourth-order valence-electron chi connectivity index (χ4n) is 3.10. The third-order valence-corrected chi connectivity index (χ3v) is 4.44. The number of amides is 1. The molecule has 1 atom stereocenters. The van der Waals surface area contributed by atoms with Crippen LogP contribution in [0.4, 0.5) is 10.2 Å². The summed E-state index contributed by atoms with van der Waals surface area (Å²) in [6.45, 7) is 0. The highest BCUT2D eigenvalue weighted by atomic mass is 35.5. The van der Waals surface area contributed by atoms with Gasteiger partial charge in [0, 0.05) is 28.5 Å². The van der Waals surface area contributed by atoms with E-state index in [0.717, 1.165) is 22.4 Å². The van der Waals surface area contributed by atoms with Crippen LogP contribution >= 0.6 is 11.6 Å². The van der Waals surface area contributed by atoms with Crippen LogP contribution in [0.15, 0.2) is 48.5 Å². The van der Waals surface area contributed by atoms with Crippen LogP contribution in [0.3, 0.4) is 0 Å². The van der Waals surface area contributed by atoms with Crippen LogP contribution in [0.25, 0.3) is 11.3 Å². The summed E-state index contributed by atoms with van der Waals surface area (Å²) in [6.07, 6.45) is 0.247. The Labute approximate surface area is 142 Å². The van der Waals surface area contributed by atoms with Crippen LogP contribution in [0.1, 0.15) is 23.5 Å². The van der Waals surface area contributed by atoms with Gasteiger partial charge in [-0.05, 0) is 29.8 Å². The first-order valence-corrected chi connectivity index (χ1v) is 7.89. The number of rotatable bonds is 2. The van der Waals surface area contributed by atoms with E-state index in [0.29, 0.717) is 10.8 Å². The van der Waals surface area contributed by atoms with E-state index >= 15 is 0 Å². The van der Waals surface area contributed by atoms with Crippen molar-refractivity contribution in [1.29, 1.82) is 0 Å². The van der Waals surface area contributed by atoms with Gasteiger partial charge in [0.2, 0.25) is 5.91 Å². The highest BCUT2D eigenvalue weighted by molar-refractivity contribution is 6.30. The van der Waals surface area contributed by atoms with Gasteiger partial charge >= 0.3 is 0 Å². The van der Waals surface area contributed by atoms with E-state index in [-0.39, 0.29) is 24.1 Å². The molecule has 0 spiro atoms. The first-order chi connectivity index (χ1) is 11.6. The first kappa shape index (κ1) is 14.9. The van der Waals surface area contributed by atoms with Gasteiger partial charge in [-0.3, -0.25) is 9.89 Å². The van der Waals surface area contributed by atoms with Gasteiger partial charge in [-0.1, -0.05) is 35.9 Å². The number of hydrogen-bond donors (Lipinski definition) is 2. The number of hydrogen-bond acceptors (Lipinski definition) is 2. The topological polar surface area (TPSA) is 57.8 Å². The third-order valence-electron chi connectivity index (χ3n) is 4.18. The molecule has 2 heterocycles. The lowest BCUT2D eigenvalue weighted by Crippen LogP contribution is -2.23. The number of H-pyrrole nitrogens is 1. The number of anilines is 1. The number of aromatic nitrogens is 2. The summed E-state index contributed by atoms with van der Waals surface area (Å²) >= 11 is 5.95. The lowest BCUT2D eigenvalue weighted by Gasteiger charge is -2.23. The molecule has 0 fully saturated rings. The molecular weight excluding hydrogens is 329 g/mol. The molecule has 6 heteroatoms. The van der Waals surface area contributed by atoms with Crippen molar-refractivity contribution in [1.82, 2.24) is 10.2 Å². The van der Waals surface area contributed by atoms with Gasteiger partial charge in [0.15, 0.2) is 5.82 Å². The maximum absolute atomic E-state index is 13.7. The van der Waals surface area contributed by atoms with Crippen LogP contribution in [0, 0.1) is 5.82 Å². The Morgan fingerprint density at radius 3 is 2.71 bits per heavy atom. The Bertz CT molecular complexity index is 920. The van der Waals surface area contributed by atoms with Gasteiger partial charge in [0.25, 0.3) is 0 Å². The van der Waals surface area contributed by atoms with Crippen LogP contribution < -0.4 is 5.32 Å². The van der Waals surface area contributed by atoms with Gasteiger partial charge in [-0.2, -0.15) is 5.10 Å². The normalized spacial score (nSPS) is 16.6. The molecule has 2 aromatic carbocycles. The van der Waals surface area contributed by atoms with Crippen molar-refractivity contribution in [2.75, 3.05) is 5.32 Å². The summed E-state index contributed by atoms with van der Waals surface area (Å²) in [5, 5.41) is 10.6. The molecule has 0 saturated carbocycles. The lowest BCUT2D eigenvalue weighted by molar-refractivity contribution is -0.116. The van der Waals surface area contributed by atoms with Crippen molar-refractivity contribution in [3.63, 3.8) is 0 Å². The number of nitrogens with one attached hydrogen (secondary N) is 2. The van der Waals surface area contributed by atoms with E-state index < -0.39 is 0 Å². The molecule has 3 aromatic rings. The lowest BCUT2D eigenvalue weighted by atomic mass is 9.84. The van der Waals surface area contributed by atoms with Crippen LogP contribution in [0.2, 0.25) is 5.02 Å². The molecule has 1 aliphatic rings. The highest BCUT2D eigenvalue weighted by Gasteiger charge is 2.32. The summed E-state index contributed by atoms with van der Waals surface area (Å²) in [7, 11) is 0. The largest absolute Gasteiger partial charge is 0.309 e. The monoisotopic (exact) mass is 341 g/mol. The van der Waals surface area contributed by atoms with Crippen molar-refractivity contribution in [2.45, 2.75) is 12.3 Å². The number of aromatic amines is 1. The van der Waals surface area contributed by atoms with Crippen molar-refractivity contribution >= 4 is 23.3 Å². The second-order valence-corrected chi connectivity index (χ2v) is 6.16. The summed E-state index contributed by atoms with van der Waals surface area (Å²) in [6, 6.07) is 13.7. The van der Waals surface area contributed by atoms with Crippen molar-refractivity contribution in [3.05, 3.63) is 70.5 Å². The predicted octanol–water partition coefficient (Wildman–Crippen LogP) is 4.34. The summed E-state index contributed by atoms with van der Waals surface area (Å²) in [5.41, 5.74) is 3.33. The number of halogens is 2. The number of nitrogens with zero attached hydrogens (tertiary/aromatic N) is 1. The zero-order valence-corrected chi connectivity index (χ0v) is 13.3. The third kappa shape index (κ3) is 2.57. The Morgan fingerprint density at radius 1 is 1.17 bits per heavy atom. The van der Waals surface area contributed by atoms with E-state index in [1.807, 2.05) is 18.2 Å². The summed E-state index contributed by atoms with van der Waals surface area (Å²) in [5.74, 6) is -0.221. The molecule has 0 aliphatic carbocycles. The van der Waals surface area contributed by atoms with Crippen LogP contribution in [-0.2, 0) is 4.79 Å². The number of carbonyl (C=O) groups is 1. The molecule has 4 nitrogen and oxygen atoms in total. The minimum atomic E-state index is -0.323. The average molecular weight is 342 g/mol. The van der Waals surface area contributed by atoms with Gasteiger partial charge in [-0.15, -0.1) is 0 Å². The maximum Gasteiger partial charge on any atom is 0.226 e. The predicted molar refractivity (Wildman–Crippen MR) is 90.5 cm³/mol. The van der Waals surface area contributed by atoms with Gasteiger partial charge < -0.3 is 5.32 Å². The molecule has 120 valence electrons. The Morgan fingerprint density at radius 2 is 1.96 bits per heavy atom. The van der Waals surface area contributed by atoms with Gasteiger partial charge in [0.1, 0.15) is 5.82 Å². The molecule has 0 saturated heterocycles. The standard InChI is InChI=1S/C18H13ClFN3O/c19-12-6-4-10(5-7-12)17-16-14(11-2-1-3-13(20)8-11)9-15(24)21-18(16)23-22-17/h1-8,14H,9H2,(H2,21,22,23,24). The maximum atomic E-state index is 13.7. The number of fused-ring (bicyclic) bond motifs is 1. The molecule has 24 heavy (non-hydrogen) atoms. The molecule has 4 rings (SSSR count). The molecule has 1 amide bonds. The van der Waals surface area contributed by atoms with Crippen molar-refractivity contribution in [2.24, 2.45) is 0 Å². The van der Waals surface area contributed by atoms with Crippen LogP contribution in [-0.4, -0.2) is 16.1 Å². The smallest absolute Gasteiger partial charge is 0.226 e.